The molecule has 1 fully saturated rings. The SMILES string of the molecule is CC1CCC2=C(CC[C@@]3(C)C(=O)CC[C@H]23)O1. The van der Waals surface area contributed by atoms with E-state index in [1.54, 1.807) is 0 Å². The van der Waals surface area contributed by atoms with Crippen molar-refractivity contribution < 1.29 is 9.53 Å². The van der Waals surface area contributed by atoms with Gasteiger partial charge in [0.15, 0.2) is 0 Å². The summed E-state index contributed by atoms with van der Waals surface area (Å²) in [5.41, 5.74) is 1.43. The van der Waals surface area contributed by atoms with E-state index >= 15 is 0 Å². The number of carbonyl (C=O) groups is 1. The van der Waals surface area contributed by atoms with Gasteiger partial charge in [-0.25, -0.2) is 0 Å². The van der Waals surface area contributed by atoms with Gasteiger partial charge in [-0.05, 0) is 44.1 Å². The van der Waals surface area contributed by atoms with Crippen LogP contribution in [-0.4, -0.2) is 11.9 Å². The largest absolute Gasteiger partial charge is 0.495 e. The van der Waals surface area contributed by atoms with Crippen molar-refractivity contribution in [2.45, 2.75) is 58.5 Å². The number of fused-ring (bicyclic) bond motifs is 2. The normalized spacial score (nSPS) is 42.8. The highest BCUT2D eigenvalue weighted by Crippen LogP contribution is 2.54. The van der Waals surface area contributed by atoms with Crippen molar-refractivity contribution in [2.75, 3.05) is 0 Å². The Morgan fingerprint density at radius 3 is 2.88 bits per heavy atom. The van der Waals surface area contributed by atoms with Gasteiger partial charge in [0.25, 0.3) is 0 Å². The lowest BCUT2D eigenvalue weighted by Crippen LogP contribution is -2.36. The number of hydrogen-bond acceptors (Lipinski definition) is 2. The number of ether oxygens (including phenoxy) is 1. The van der Waals surface area contributed by atoms with Gasteiger partial charge in [-0.3, -0.25) is 4.79 Å². The van der Waals surface area contributed by atoms with Crippen molar-refractivity contribution in [3.63, 3.8) is 0 Å². The summed E-state index contributed by atoms with van der Waals surface area (Å²) in [6.45, 7) is 4.33. The van der Waals surface area contributed by atoms with E-state index in [1.165, 1.54) is 11.3 Å². The Labute approximate surface area is 97.1 Å². The standard InChI is InChI=1S/C14H20O2/c1-9-3-4-10-11-5-6-13(15)14(11,2)8-7-12(10)16-9/h9,11H,3-8H2,1-2H3/t9?,11-,14-/m1/s1. The highest BCUT2D eigenvalue weighted by atomic mass is 16.5. The number of carbonyl (C=O) groups excluding carboxylic acids is 1. The minimum Gasteiger partial charge on any atom is -0.495 e. The summed E-state index contributed by atoms with van der Waals surface area (Å²) in [4.78, 5) is 12.0. The fourth-order valence-corrected chi connectivity index (χ4v) is 3.78. The summed E-state index contributed by atoms with van der Waals surface area (Å²) in [6.07, 6.45) is 6.49. The Hall–Kier alpha value is -0.790. The molecule has 3 aliphatic rings. The van der Waals surface area contributed by atoms with Crippen molar-refractivity contribution >= 4 is 5.78 Å². The molecular formula is C14H20O2. The molecule has 1 heterocycles. The second kappa shape index (κ2) is 3.35. The van der Waals surface area contributed by atoms with Crippen LogP contribution in [0.4, 0.5) is 0 Å². The molecule has 2 heteroatoms. The molecule has 1 unspecified atom stereocenters. The minimum atomic E-state index is -0.0528. The van der Waals surface area contributed by atoms with Crippen LogP contribution in [0.5, 0.6) is 0 Å². The van der Waals surface area contributed by atoms with Gasteiger partial charge in [0.2, 0.25) is 0 Å². The molecule has 0 radical (unpaired) electrons. The first kappa shape index (κ1) is 10.4. The monoisotopic (exact) mass is 220 g/mol. The van der Waals surface area contributed by atoms with E-state index in [0.29, 0.717) is 17.8 Å². The molecule has 3 atom stereocenters. The average Bonchev–Trinajstić information content (AvgIpc) is 2.56. The Bertz CT molecular complexity index is 369. The molecule has 0 N–H and O–H groups in total. The van der Waals surface area contributed by atoms with E-state index in [1.807, 2.05) is 0 Å². The van der Waals surface area contributed by atoms with Crippen molar-refractivity contribution in [3.8, 4) is 0 Å². The molecule has 0 aromatic rings. The number of allylic oxidation sites excluding steroid dienone is 2. The molecule has 0 bridgehead atoms. The van der Waals surface area contributed by atoms with E-state index in [-0.39, 0.29) is 5.41 Å². The summed E-state index contributed by atoms with van der Waals surface area (Å²) >= 11 is 0. The molecule has 1 saturated carbocycles. The second-order valence-corrected chi connectivity index (χ2v) is 5.85. The second-order valence-electron chi connectivity index (χ2n) is 5.85. The van der Waals surface area contributed by atoms with Crippen LogP contribution in [0.25, 0.3) is 0 Å². The quantitative estimate of drug-likeness (QED) is 0.626. The third-order valence-electron chi connectivity index (χ3n) is 4.88. The van der Waals surface area contributed by atoms with Crippen molar-refractivity contribution in [1.29, 1.82) is 0 Å². The first-order valence-electron chi connectivity index (χ1n) is 6.53. The summed E-state index contributed by atoms with van der Waals surface area (Å²) in [7, 11) is 0. The first-order chi connectivity index (χ1) is 7.61. The van der Waals surface area contributed by atoms with Gasteiger partial charge >= 0.3 is 0 Å². The maximum atomic E-state index is 12.0. The molecule has 88 valence electrons. The molecule has 0 aromatic carbocycles. The summed E-state index contributed by atoms with van der Waals surface area (Å²) in [5, 5.41) is 0. The van der Waals surface area contributed by atoms with Crippen molar-refractivity contribution in [3.05, 3.63) is 11.3 Å². The molecule has 0 aromatic heterocycles. The van der Waals surface area contributed by atoms with Crippen LogP contribution in [0.3, 0.4) is 0 Å². The third kappa shape index (κ3) is 1.28. The number of rotatable bonds is 0. The minimum absolute atomic E-state index is 0.0528. The lowest BCUT2D eigenvalue weighted by atomic mass is 9.66. The molecule has 0 spiro atoms. The fraction of sp³-hybridized carbons (Fsp3) is 0.786. The van der Waals surface area contributed by atoms with E-state index in [4.69, 9.17) is 4.74 Å². The van der Waals surface area contributed by atoms with E-state index in [9.17, 15) is 4.79 Å². The lowest BCUT2D eigenvalue weighted by Gasteiger charge is -2.41. The number of Topliss-reactive ketones (excluding diaryl/α,β-unsaturated/α-hetero) is 1. The number of ketones is 1. The Balaban J connectivity index is 1.97. The third-order valence-corrected chi connectivity index (χ3v) is 4.88. The molecule has 0 amide bonds. The molecule has 0 saturated heterocycles. The van der Waals surface area contributed by atoms with Crippen molar-refractivity contribution in [2.24, 2.45) is 11.3 Å². The van der Waals surface area contributed by atoms with Gasteiger partial charge in [0, 0.05) is 18.3 Å². The Morgan fingerprint density at radius 2 is 2.06 bits per heavy atom. The smallest absolute Gasteiger partial charge is 0.139 e. The predicted molar refractivity (Wildman–Crippen MR) is 61.9 cm³/mol. The average molecular weight is 220 g/mol. The highest BCUT2D eigenvalue weighted by Gasteiger charge is 2.50. The van der Waals surface area contributed by atoms with Gasteiger partial charge in [-0.15, -0.1) is 0 Å². The zero-order chi connectivity index (χ0) is 11.3. The topological polar surface area (TPSA) is 26.3 Å². The molecule has 16 heavy (non-hydrogen) atoms. The highest BCUT2D eigenvalue weighted by molar-refractivity contribution is 5.87. The van der Waals surface area contributed by atoms with Crippen LogP contribution in [0.1, 0.15) is 52.4 Å². The van der Waals surface area contributed by atoms with Crippen molar-refractivity contribution in [1.82, 2.24) is 0 Å². The van der Waals surface area contributed by atoms with Gasteiger partial charge < -0.3 is 4.74 Å². The summed E-state index contributed by atoms with van der Waals surface area (Å²) < 4.78 is 5.95. The van der Waals surface area contributed by atoms with Gasteiger partial charge in [-0.2, -0.15) is 0 Å². The Morgan fingerprint density at radius 1 is 1.25 bits per heavy atom. The molecule has 1 aliphatic heterocycles. The van der Waals surface area contributed by atoms with Crippen LogP contribution in [0.2, 0.25) is 0 Å². The van der Waals surface area contributed by atoms with Gasteiger partial charge in [-0.1, -0.05) is 6.92 Å². The van der Waals surface area contributed by atoms with E-state index < -0.39 is 0 Å². The van der Waals surface area contributed by atoms with Crippen LogP contribution in [0, 0.1) is 11.3 Å². The summed E-state index contributed by atoms with van der Waals surface area (Å²) in [5.74, 6) is 2.22. The molecule has 2 aliphatic carbocycles. The van der Waals surface area contributed by atoms with Crippen LogP contribution >= 0.6 is 0 Å². The molecule has 3 rings (SSSR count). The van der Waals surface area contributed by atoms with Crippen LogP contribution < -0.4 is 0 Å². The van der Waals surface area contributed by atoms with E-state index in [2.05, 4.69) is 13.8 Å². The lowest BCUT2D eigenvalue weighted by molar-refractivity contribution is -0.126. The van der Waals surface area contributed by atoms with Crippen LogP contribution in [0.15, 0.2) is 11.3 Å². The van der Waals surface area contributed by atoms with Crippen LogP contribution in [-0.2, 0) is 9.53 Å². The maximum absolute atomic E-state index is 12.0. The zero-order valence-corrected chi connectivity index (χ0v) is 10.2. The van der Waals surface area contributed by atoms with Gasteiger partial charge in [0.05, 0.1) is 11.9 Å². The molecule has 2 nitrogen and oxygen atoms in total. The zero-order valence-electron chi connectivity index (χ0n) is 10.2. The molecular weight excluding hydrogens is 200 g/mol. The Kier molecular flexibility index (Phi) is 2.17. The van der Waals surface area contributed by atoms with Gasteiger partial charge in [0.1, 0.15) is 5.78 Å². The summed E-state index contributed by atoms with van der Waals surface area (Å²) in [6, 6.07) is 0. The number of hydrogen-bond donors (Lipinski definition) is 0. The fourth-order valence-electron chi connectivity index (χ4n) is 3.78. The first-order valence-corrected chi connectivity index (χ1v) is 6.53. The predicted octanol–water partition coefficient (Wildman–Crippen LogP) is 3.22. The maximum Gasteiger partial charge on any atom is 0.139 e. The van der Waals surface area contributed by atoms with E-state index in [0.717, 1.165) is 38.5 Å².